The van der Waals surface area contributed by atoms with E-state index in [1.165, 1.54) is 23.7 Å². The molecule has 1 saturated heterocycles. The van der Waals surface area contributed by atoms with Crippen LogP contribution in [0.2, 0.25) is 0 Å². The molecule has 7 nitrogen and oxygen atoms in total. The van der Waals surface area contributed by atoms with Crippen molar-refractivity contribution in [3.8, 4) is 0 Å². The molecule has 0 aliphatic carbocycles. The van der Waals surface area contributed by atoms with E-state index in [1.54, 1.807) is 19.2 Å². The second-order valence-electron chi connectivity index (χ2n) is 7.93. The number of rotatable bonds is 8. The molecule has 2 aromatic heterocycles. The summed E-state index contributed by atoms with van der Waals surface area (Å²) in [5.74, 6) is 0.590. The molecule has 170 valence electrons. The summed E-state index contributed by atoms with van der Waals surface area (Å²) in [6.07, 6.45) is 2.41. The molecule has 1 aromatic carbocycles. The lowest BCUT2D eigenvalue weighted by molar-refractivity contribution is 0.0632. The van der Waals surface area contributed by atoms with Crippen LogP contribution in [-0.2, 0) is 11.3 Å². The van der Waals surface area contributed by atoms with E-state index < -0.39 is 0 Å². The second-order valence-corrected chi connectivity index (χ2v) is 8.93. The average molecular weight is 458 g/mol. The Hall–Kier alpha value is -2.62. The third-order valence-electron chi connectivity index (χ3n) is 5.69. The first kappa shape index (κ1) is 22.6. The fraction of sp³-hybridized carbons (Fsp3) is 0.435. The summed E-state index contributed by atoms with van der Waals surface area (Å²) in [7, 11) is 1.69. The Labute approximate surface area is 191 Å². The van der Waals surface area contributed by atoms with E-state index in [1.807, 2.05) is 17.9 Å². The van der Waals surface area contributed by atoms with Gasteiger partial charge >= 0.3 is 0 Å². The van der Waals surface area contributed by atoms with Crippen LogP contribution >= 0.6 is 11.3 Å². The highest BCUT2D eigenvalue weighted by Crippen LogP contribution is 2.34. The van der Waals surface area contributed by atoms with Crippen LogP contribution in [0.3, 0.4) is 0 Å². The zero-order valence-corrected chi connectivity index (χ0v) is 19.3. The number of carbonyl (C=O) groups excluding carboxylic acids is 1. The maximum Gasteiger partial charge on any atom is 0.264 e. The molecule has 1 N–H and O–H groups in total. The molecule has 0 saturated carbocycles. The Bertz CT molecular complexity index is 1080. The second kappa shape index (κ2) is 10.3. The molecule has 3 aromatic rings. The van der Waals surface area contributed by atoms with Crippen molar-refractivity contribution in [2.45, 2.75) is 19.9 Å². The molecule has 32 heavy (non-hydrogen) atoms. The highest BCUT2D eigenvalue weighted by Gasteiger charge is 2.26. The van der Waals surface area contributed by atoms with Gasteiger partial charge in [0.15, 0.2) is 0 Å². The number of hydrogen-bond acceptors (Lipinski definition) is 7. The van der Waals surface area contributed by atoms with Crippen molar-refractivity contribution in [1.29, 1.82) is 0 Å². The van der Waals surface area contributed by atoms with Gasteiger partial charge in [0.2, 0.25) is 0 Å². The minimum absolute atomic E-state index is 0.0428. The van der Waals surface area contributed by atoms with Gasteiger partial charge in [-0.15, -0.1) is 11.3 Å². The molecular formula is C23H28FN5O2S. The number of halogens is 1. The van der Waals surface area contributed by atoms with Gasteiger partial charge in [0.25, 0.3) is 5.91 Å². The summed E-state index contributed by atoms with van der Waals surface area (Å²) in [5.41, 5.74) is 1.88. The predicted molar refractivity (Wildman–Crippen MR) is 125 cm³/mol. The van der Waals surface area contributed by atoms with Gasteiger partial charge in [-0.05, 0) is 36.6 Å². The van der Waals surface area contributed by atoms with Gasteiger partial charge in [-0.3, -0.25) is 9.69 Å². The topological polar surface area (TPSA) is 70.6 Å². The highest BCUT2D eigenvalue weighted by molar-refractivity contribution is 7.20. The first-order chi connectivity index (χ1) is 15.6. The van der Waals surface area contributed by atoms with Gasteiger partial charge in [0, 0.05) is 53.0 Å². The monoisotopic (exact) mass is 457 g/mol. The molecule has 0 atom stereocenters. The molecule has 0 unspecified atom stereocenters. The number of amides is 1. The third-order valence-corrected chi connectivity index (χ3v) is 6.88. The third kappa shape index (κ3) is 5.06. The quantitative estimate of drug-likeness (QED) is 0.522. The van der Waals surface area contributed by atoms with Crippen molar-refractivity contribution >= 4 is 33.3 Å². The molecule has 9 heteroatoms. The number of aromatic nitrogens is 2. The Balaban J connectivity index is 1.42. The van der Waals surface area contributed by atoms with Gasteiger partial charge in [0.05, 0.1) is 10.3 Å². The number of ether oxygens (including phenoxy) is 1. The molecular weight excluding hydrogens is 429 g/mol. The van der Waals surface area contributed by atoms with Crippen LogP contribution in [0.1, 0.15) is 27.2 Å². The van der Waals surface area contributed by atoms with E-state index in [4.69, 9.17) is 4.74 Å². The number of nitrogens with one attached hydrogen (secondary N) is 1. The Morgan fingerprint density at radius 1 is 1.25 bits per heavy atom. The normalized spacial score (nSPS) is 14.8. The summed E-state index contributed by atoms with van der Waals surface area (Å²) < 4.78 is 18.5. The number of methoxy groups -OCH3 is 1. The van der Waals surface area contributed by atoms with Crippen LogP contribution in [0, 0.1) is 12.7 Å². The zero-order chi connectivity index (χ0) is 22.5. The number of anilines is 1. The fourth-order valence-electron chi connectivity index (χ4n) is 3.98. The number of benzene rings is 1. The molecule has 3 heterocycles. The van der Waals surface area contributed by atoms with E-state index in [0.29, 0.717) is 26.2 Å². The number of fused-ring (bicyclic) bond motifs is 1. The lowest BCUT2D eigenvalue weighted by Crippen LogP contribution is -2.48. The van der Waals surface area contributed by atoms with Gasteiger partial charge in [-0.1, -0.05) is 12.1 Å². The highest BCUT2D eigenvalue weighted by atomic mass is 32.1. The number of hydrogen-bond donors (Lipinski definition) is 1. The van der Waals surface area contributed by atoms with Gasteiger partial charge in [-0.25, -0.2) is 14.4 Å². The largest absolute Gasteiger partial charge is 0.385 e. The number of nitrogens with zero attached hydrogens (tertiary/aromatic N) is 4. The van der Waals surface area contributed by atoms with Crippen molar-refractivity contribution in [1.82, 2.24) is 19.8 Å². The Morgan fingerprint density at radius 3 is 2.81 bits per heavy atom. The number of piperazine rings is 1. The van der Waals surface area contributed by atoms with E-state index in [9.17, 15) is 9.18 Å². The average Bonchev–Trinajstić information content (AvgIpc) is 3.14. The SMILES string of the molecule is COCCCNc1ncnc2sc(C(=O)N3CCN(Cc4cccc(F)c4)CC3)c(C)c12. The van der Waals surface area contributed by atoms with Crippen molar-refractivity contribution in [2.75, 3.05) is 51.8 Å². The van der Waals surface area contributed by atoms with Crippen molar-refractivity contribution in [3.05, 3.63) is 52.4 Å². The van der Waals surface area contributed by atoms with Crippen LogP contribution in [0.25, 0.3) is 10.2 Å². The zero-order valence-electron chi connectivity index (χ0n) is 18.4. The first-order valence-electron chi connectivity index (χ1n) is 10.8. The summed E-state index contributed by atoms with van der Waals surface area (Å²) >= 11 is 1.43. The van der Waals surface area contributed by atoms with Crippen LogP contribution in [0.5, 0.6) is 0 Å². The Morgan fingerprint density at radius 2 is 2.06 bits per heavy atom. The smallest absolute Gasteiger partial charge is 0.264 e. The molecule has 0 bridgehead atoms. The van der Waals surface area contributed by atoms with Gasteiger partial charge in [-0.2, -0.15) is 0 Å². The molecule has 0 radical (unpaired) electrons. The van der Waals surface area contributed by atoms with Crippen LogP contribution in [-0.4, -0.2) is 72.1 Å². The van der Waals surface area contributed by atoms with Crippen LogP contribution < -0.4 is 5.32 Å². The lowest BCUT2D eigenvalue weighted by atomic mass is 10.1. The van der Waals surface area contributed by atoms with Crippen molar-refractivity contribution in [3.63, 3.8) is 0 Å². The predicted octanol–water partition coefficient (Wildman–Crippen LogP) is 3.55. The summed E-state index contributed by atoms with van der Waals surface area (Å²) in [6.45, 7) is 6.90. The summed E-state index contributed by atoms with van der Waals surface area (Å²) in [6, 6.07) is 6.69. The fourth-order valence-corrected chi connectivity index (χ4v) is 5.10. The lowest BCUT2D eigenvalue weighted by Gasteiger charge is -2.34. The van der Waals surface area contributed by atoms with Gasteiger partial charge in [0.1, 0.15) is 22.8 Å². The maximum absolute atomic E-state index is 13.4. The minimum atomic E-state index is -0.216. The summed E-state index contributed by atoms with van der Waals surface area (Å²) in [4.78, 5) is 27.8. The van der Waals surface area contributed by atoms with Crippen molar-refractivity contribution in [2.24, 2.45) is 0 Å². The molecule has 4 rings (SSSR count). The Kier molecular flexibility index (Phi) is 7.29. The molecule has 1 aliphatic heterocycles. The minimum Gasteiger partial charge on any atom is -0.385 e. The van der Waals surface area contributed by atoms with Crippen LogP contribution in [0.4, 0.5) is 10.2 Å². The van der Waals surface area contributed by atoms with Gasteiger partial charge < -0.3 is 15.0 Å². The van der Waals surface area contributed by atoms with Crippen LogP contribution in [0.15, 0.2) is 30.6 Å². The van der Waals surface area contributed by atoms with Crippen molar-refractivity contribution < 1.29 is 13.9 Å². The van der Waals surface area contributed by atoms with E-state index >= 15 is 0 Å². The maximum atomic E-state index is 13.4. The van der Waals surface area contributed by atoms with E-state index in [-0.39, 0.29) is 11.7 Å². The number of thiophene rings is 1. The standard InChI is InChI=1S/C23H28FN5O2S/c1-16-19-21(25-7-4-12-31-2)26-15-27-22(19)32-20(16)23(30)29-10-8-28(9-11-29)14-17-5-3-6-18(24)13-17/h3,5-6,13,15H,4,7-12,14H2,1-2H3,(H,25,26,27). The molecule has 0 spiro atoms. The molecule has 1 amide bonds. The molecule has 1 aliphatic rings. The number of aryl methyl sites for hydroxylation is 1. The van der Waals surface area contributed by atoms with E-state index in [2.05, 4.69) is 20.2 Å². The number of carbonyl (C=O) groups is 1. The summed E-state index contributed by atoms with van der Waals surface area (Å²) in [5, 5.41) is 4.26. The molecule has 1 fully saturated rings. The van der Waals surface area contributed by atoms with E-state index in [0.717, 1.165) is 58.1 Å². The first-order valence-corrected chi connectivity index (χ1v) is 11.6.